The SMILES string of the molecule is CN(C)c1cc(CNc2cnn(Cc3ccccc3)c(=O)c2Cl)c2ccccc2n1. The van der Waals surface area contributed by atoms with E-state index in [9.17, 15) is 4.79 Å². The average molecular weight is 420 g/mol. The number of rotatable bonds is 6. The first-order valence-electron chi connectivity index (χ1n) is 9.62. The highest BCUT2D eigenvalue weighted by Gasteiger charge is 2.12. The van der Waals surface area contributed by atoms with Crippen molar-refractivity contribution in [3.8, 4) is 0 Å². The molecule has 0 bridgehead atoms. The zero-order valence-corrected chi connectivity index (χ0v) is 17.6. The summed E-state index contributed by atoms with van der Waals surface area (Å²) in [6, 6.07) is 19.7. The van der Waals surface area contributed by atoms with Crippen molar-refractivity contribution in [1.29, 1.82) is 0 Å². The quantitative estimate of drug-likeness (QED) is 0.508. The summed E-state index contributed by atoms with van der Waals surface area (Å²) in [6.45, 7) is 0.869. The number of nitrogens with one attached hydrogen (secondary N) is 1. The fourth-order valence-electron chi connectivity index (χ4n) is 3.26. The minimum atomic E-state index is -0.320. The second kappa shape index (κ2) is 8.55. The molecule has 0 atom stereocenters. The number of benzene rings is 2. The van der Waals surface area contributed by atoms with Gasteiger partial charge in [0, 0.05) is 26.0 Å². The molecule has 2 aromatic carbocycles. The normalized spacial score (nSPS) is 10.9. The second-order valence-corrected chi connectivity index (χ2v) is 7.60. The van der Waals surface area contributed by atoms with Gasteiger partial charge < -0.3 is 10.2 Å². The topological polar surface area (TPSA) is 63.1 Å². The lowest BCUT2D eigenvalue weighted by Gasteiger charge is -2.16. The molecule has 0 amide bonds. The molecule has 7 heteroatoms. The molecule has 152 valence electrons. The molecule has 1 N–H and O–H groups in total. The van der Waals surface area contributed by atoms with Crippen LogP contribution < -0.4 is 15.8 Å². The van der Waals surface area contributed by atoms with Crippen molar-refractivity contribution < 1.29 is 0 Å². The standard InChI is InChI=1S/C23H22ClN5O/c1-28(2)21-12-17(18-10-6-7-11-19(18)27-21)13-25-20-14-26-29(23(30)22(20)24)15-16-8-4-3-5-9-16/h3-12,14,25H,13,15H2,1-2H3. The maximum Gasteiger partial charge on any atom is 0.287 e. The maximum absolute atomic E-state index is 12.7. The Hall–Kier alpha value is -3.38. The smallest absolute Gasteiger partial charge is 0.287 e. The Labute approximate surface area is 179 Å². The molecule has 0 unspecified atom stereocenters. The van der Waals surface area contributed by atoms with Crippen LogP contribution in [-0.4, -0.2) is 28.9 Å². The highest BCUT2D eigenvalue weighted by molar-refractivity contribution is 6.32. The Morgan fingerprint density at radius 2 is 1.80 bits per heavy atom. The number of fused-ring (bicyclic) bond motifs is 1. The fraction of sp³-hybridized carbons (Fsp3) is 0.174. The zero-order valence-electron chi connectivity index (χ0n) is 16.8. The van der Waals surface area contributed by atoms with Crippen LogP contribution in [0.4, 0.5) is 11.5 Å². The number of halogens is 1. The Balaban J connectivity index is 1.60. The lowest BCUT2D eigenvalue weighted by Crippen LogP contribution is -2.24. The lowest BCUT2D eigenvalue weighted by molar-refractivity contribution is 0.640. The summed E-state index contributed by atoms with van der Waals surface area (Å²) in [6.07, 6.45) is 1.60. The summed E-state index contributed by atoms with van der Waals surface area (Å²) in [7, 11) is 3.92. The van der Waals surface area contributed by atoms with Crippen LogP contribution in [0.1, 0.15) is 11.1 Å². The number of nitrogens with zero attached hydrogens (tertiary/aromatic N) is 4. The number of anilines is 2. The van der Waals surface area contributed by atoms with Crippen molar-refractivity contribution in [2.75, 3.05) is 24.3 Å². The molecule has 6 nitrogen and oxygen atoms in total. The van der Waals surface area contributed by atoms with Crippen LogP contribution in [0.15, 0.2) is 71.7 Å². The van der Waals surface area contributed by atoms with Gasteiger partial charge in [-0.2, -0.15) is 5.10 Å². The summed E-state index contributed by atoms with van der Waals surface area (Å²) in [5, 5.41) is 8.74. The third kappa shape index (κ3) is 4.14. The molecule has 0 saturated carbocycles. The van der Waals surface area contributed by atoms with E-state index in [2.05, 4.69) is 15.4 Å². The monoisotopic (exact) mass is 419 g/mol. The Kier molecular flexibility index (Phi) is 5.68. The van der Waals surface area contributed by atoms with Crippen molar-refractivity contribution in [2.45, 2.75) is 13.1 Å². The Morgan fingerprint density at radius 3 is 2.57 bits per heavy atom. The number of hydrogen-bond donors (Lipinski definition) is 1. The molecule has 0 fully saturated rings. The van der Waals surface area contributed by atoms with Crippen molar-refractivity contribution in [3.05, 3.63) is 93.4 Å². The molecule has 0 aliphatic carbocycles. The van der Waals surface area contributed by atoms with Crippen molar-refractivity contribution >= 4 is 34.0 Å². The van der Waals surface area contributed by atoms with E-state index in [0.29, 0.717) is 18.8 Å². The van der Waals surface area contributed by atoms with Gasteiger partial charge >= 0.3 is 0 Å². The van der Waals surface area contributed by atoms with Gasteiger partial charge in [0.05, 0.1) is 23.9 Å². The molecule has 0 aliphatic rings. The van der Waals surface area contributed by atoms with E-state index in [0.717, 1.165) is 27.8 Å². The number of para-hydroxylation sites is 1. The Morgan fingerprint density at radius 1 is 1.07 bits per heavy atom. The first kappa shape index (κ1) is 19.9. The van der Waals surface area contributed by atoms with Crippen LogP contribution in [0.25, 0.3) is 10.9 Å². The predicted molar refractivity (Wildman–Crippen MR) is 122 cm³/mol. The second-order valence-electron chi connectivity index (χ2n) is 7.23. The predicted octanol–water partition coefficient (Wildman–Crippen LogP) is 4.17. The van der Waals surface area contributed by atoms with Gasteiger partial charge in [0.15, 0.2) is 0 Å². The first-order chi connectivity index (χ1) is 14.5. The molecular formula is C23H22ClN5O. The highest BCUT2D eigenvalue weighted by Crippen LogP contribution is 2.24. The number of aromatic nitrogens is 3. The van der Waals surface area contributed by atoms with Crippen LogP contribution in [-0.2, 0) is 13.1 Å². The van der Waals surface area contributed by atoms with E-state index in [1.54, 1.807) is 6.20 Å². The largest absolute Gasteiger partial charge is 0.378 e. The van der Waals surface area contributed by atoms with Crippen LogP contribution in [0, 0.1) is 0 Å². The minimum Gasteiger partial charge on any atom is -0.378 e. The zero-order chi connectivity index (χ0) is 21.1. The number of pyridine rings is 1. The van der Waals surface area contributed by atoms with Gasteiger partial charge in [-0.25, -0.2) is 9.67 Å². The van der Waals surface area contributed by atoms with E-state index >= 15 is 0 Å². The van der Waals surface area contributed by atoms with E-state index < -0.39 is 0 Å². The summed E-state index contributed by atoms with van der Waals surface area (Å²) in [4.78, 5) is 19.3. The van der Waals surface area contributed by atoms with Gasteiger partial charge in [-0.15, -0.1) is 0 Å². The molecular weight excluding hydrogens is 398 g/mol. The highest BCUT2D eigenvalue weighted by atomic mass is 35.5. The molecule has 4 rings (SSSR count). The molecule has 2 aromatic heterocycles. The molecule has 0 saturated heterocycles. The van der Waals surface area contributed by atoms with Crippen LogP contribution >= 0.6 is 11.6 Å². The molecule has 2 heterocycles. The Bertz CT molecular complexity index is 1240. The average Bonchev–Trinajstić information content (AvgIpc) is 2.76. The van der Waals surface area contributed by atoms with Gasteiger partial charge in [0.2, 0.25) is 0 Å². The van der Waals surface area contributed by atoms with Gasteiger partial charge in [-0.1, -0.05) is 60.1 Å². The third-order valence-electron chi connectivity index (χ3n) is 4.88. The molecule has 0 spiro atoms. The lowest BCUT2D eigenvalue weighted by atomic mass is 10.1. The fourth-order valence-corrected chi connectivity index (χ4v) is 3.47. The summed E-state index contributed by atoms with van der Waals surface area (Å²) in [5.74, 6) is 0.869. The first-order valence-corrected chi connectivity index (χ1v) is 10.00. The van der Waals surface area contributed by atoms with E-state index in [1.807, 2.05) is 79.7 Å². The summed E-state index contributed by atoms with van der Waals surface area (Å²) < 4.78 is 1.37. The maximum atomic E-state index is 12.7. The van der Waals surface area contributed by atoms with Crippen LogP contribution in [0.5, 0.6) is 0 Å². The van der Waals surface area contributed by atoms with Gasteiger partial charge in [0.25, 0.3) is 5.56 Å². The third-order valence-corrected chi connectivity index (χ3v) is 5.24. The summed E-state index contributed by atoms with van der Waals surface area (Å²) >= 11 is 6.37. The van der Waals surface area contributed by atoms with Gasteiger partial charge in [0.1, 0.15) is 10.8 Å². The van der Waals surface area contributed by atoms with E-state index in [4.69, 9.17) is 11.6 Å². The van der Waals surface area contributed by atoms with Crippen LogP contribution in [0.3, 0.4) is 0 Å². The van der Waals surface area contributed by atoms with Gasteiger partial charge in [-0.3, -0.25) is 4.79 Å². The molecule has 0 aliphatic heterocycles. The van der Waals surface area contributed by atoms with Gasteiger partial charge in [-0.05, 0) is 23.3 Å². The minimum absolute atomic E-state index is 0.132. The van der Waals surface area contributed by atoms with E-state index in [-0.39, 0.29) is 10.6 Å². The van der Waals surface area contributed by atoms with Crippen molar-refractivity contribution in [1.82, 2.24) is 14.8 Å². The van der Waals surface area contributed by atoms with Crippen LogP contribution in [0.2, 0.25) is 5.02 Å². The van der Waals surface area contributed by atoms with E-state index in [1.165, 1.54) is 4.68 Å². The molecule has 4 aromatic rings. The molecule has 30 heavy (non-hydrogen) atoms. The summed E-state index contributed by atoms with van der Waals surface area (Å²) in [5.41, 5.74) is 3.16. The number of hydrogen-bond acceptors (Lipinski definition) is 5. The van der Waals surface area contributed by atoms with Crippen molar-refractivity contribution in [2.24, 2.45) is 0 Å². The van der Waals surface area contributed by atoms with Crippen molar-refractivity contribution in [3.63, 3.8) is 0 Å². The molecule has 0 radical (unpaired) electrons.